The zero-order valence-corrected chi connectivity index (χ0v) is 24.8. The molecule has 2 aromatic carbocycles. The summed E-state index contributed by atoms with van der Waals surface area (Å²) in [5.74, 6) is 1.03. The molecule has 0 spiro atoms. The Hall–Kier alpha value is -3.05. The molecule has 4 rings (SSSR count). The molecule has 0 amide bonds. The van der Waals surface area contributed by atoms with Crippen molar-refractivity contribution in [1.29, 1.82) is 0 Å². The average molecular weight is 571 g/mol. The van der Waals surface area contributed by atoms with Crippen LogP contribution in [-0.2, 0) is 11.5 Å². The monoisotopic (exact) mass is 570 g/mol. The number of ether oxygens (including phenoxy) is 3. The Balaban J connectivity index is 1.55. The van der Waals surface area contributed by atoms with E-state index in [9.17, 15) is 14.3 Å². The van der Waals surface area contributed by atoms with Gasteiger partial charge in [-0.05, 0) is 36.7 Å². The Kier molecular flexibility index (Phi) is 9.22. The minimum atomic E-state index is -1.26. The normalized spacial score (nSPS) is 12.6. The molecule has 0 aliphatic rings. The Labute approximate surface area is 233 Å². The number of aliphatic hydroxyl groups is 1. The Morgan fingerprint density at radius 2 is 1.92 bits per heavy atom. The van der Waals surface area contributed by atoms with E-state index >= 15 is 0 Å². The van der Waals surface area contributed by atoms with Crippen LogP contribution in [0.25, 0.3) is 21.3 Å². The number of aliphatic hydroxyl groups excluding tert-OH is 1. The molecule has 10 heteroatoms. The maximum absolute atomic E-state index is 14.3. The van der Waals surface area contributed by atoms with E-state index in [1.165, 1.54) is 31.6 Å². The van der Waals surface area contributed by atoms with Crippen molar-refractivity contribution in [2.45, 2.75) is 51.4 Å². The molecule has 0 saturated carbocycles. The quantitative estimate of drug-likeness (QED) is 0.107. The predicted molar refractivity (Wildman–Crippen MR) is 155 cm³/mol. The van der Waals surface area contributed by atoms with Gasteiger partial charge in [0.1, 0.15) is 24.5 Å². The number of methoxy groups -OCH3 is 2. The number of hydrogen-bond donors (Lipinski definition) is 1. The van der Waals surface area contributed by atoms with Gasteiger partial charge in [-0.1, -0.05) is 31.8 Å². The first kappa shape index (κ1) is 28.9. The topological polar surface area (TPSA) is 82.8 Å². The van der Waals surface area contributed by atoms with Gasteiger partial charge < -0.3 is 23.9 Å². The van der Waals surface area contributed by atoms with E-state index in [0.717, 1.165) is 17.0 Å². The number of halogens is 1. The number of rotatable bonds is 13. The van der Waals surface area contributed by atoms with Gasteiger partial charge in [-0.15, -0.1) is 11.3 Å². The van der Waals surface area contributed by atoms with Crippen LogP contribution in [-0.4, -0.2) is 49.3 Å². The minimum Gasteiger partial charge on any atom is -0.493 e. The van der Waals surface area contributed by atoms with Gasteiger partial charge in [0.05, 0.1) is 24.6 Å². The third kappa shape index (κ3) is 6.94. The summed E-state index contributed by atoms with van der Waals surface area (Å²) in [5, 5.41) is 13.8. The van der Waals surface area contributed by atoms with Crippen molar-refractivity contribution in [3.05, 3.63) is 65.2 Å². The summed E-state index contributed by atoms with van der Waals surface area (Å²) in [4.78, 5) is 17.7. The highest BCUT2D eigenvalue weighted by atomic mass is 32.1. The molecule has 7 nitrogen and oxygen atoms in total. The molecule has 1 atom stereocenters. The number of hydrogen-bond acceptors (Lipinski definition) is 7. The molecular formula is C29H35FN2O5SSi. The van der Waals surface area contributed by atoms with Crippen molar-refractivity contribution in [2.75, 3.05) is 20.8 Å². The van der Waals surface area contributed by atoms with Gasteiger partial charge in [0.15, 0.2) is 17.3 Å². The number of carbonyl (C=O) groups is 1. The number of thiophene rings is 1. The second-order valence-electron chi connectivity index (χ2n) is 10.6. The van der Waals surface area contributed by atoms with Gasteiger partial charge in [-0.25, -0.2) is 9.37 Å². The first-order valence-electron chi connectivity index (χ1n) is 12.9. The van der Waals surface area contributed by atoms with E-state index in [0.29, 0.717) is 39.9 Å². The van der Waals surface area contributed by atoms with Gasteiger partial charge in [-0.2, -0.15) is 0 Å². The summed E-state index contributed by atoms with van der Waals surface area (Å²) in [6.07, 6.45) is 1.12. The van der Waals surface area contributed by atoms with Gasteiger partial charge in [0.25, 0.3) is 0 Å². The fourth-order valence-electron chi connectivity index (χ4n) is 4.24. The van der Waals surface area contributed by atoms with E-state index in [2.05, 4.69) is 19.6 Å². The zero-order chi connectivity index (χ0) is 28.2. The number of imidazole rings is 1. The molecule has 0 aliphatic heterocycles. The summed E-state index contributed by atoms with van der Waals surface area (Å²) >= 11 is 1.32. The fourth-order valence-corrected chi connectivity index (χ4v) is 5.97. The minimum absolute atomic E-state index is 0.113. The van der Waals surface area contributed by atoms with Crippen LogP contribution in [0.2, 0.25) is 25.7 Å². The van der Waals surface area contributed by atoms with Crippen LogP contribution in [0.3, 0.4) is 0 Å². The molecule has 0 radical (unpaired) electrons. The van der Waals surface area contributed by atoms with Crippen LogP contribution < -0.4 is 9.47 Å². The van der Waals surface area contributed by atoms with Crippen molar-refractivity contribution in [1.82, 2.24) is 9.55 Å². The van der Waals surface area contributed by atoms with Crippen LogP contribution in [0.1, 0.15) is 35.1 Å². The SMILES string of the molecule is COc1ccc(C(=O)CCC(O)c2nc(-c3csc4c(F)cccc34)cn2COCC[Si](C)(C)C)cc1OC. The molecule has 4 aromatic rings. The lowest BCUT2D eigenvalue weighted by atomic mass is 10.0. The van der Waals surface area contributed by atoms with E-state index in [-0.39, 0.29) is 31.2 Å². The van der Waals surface area contributed by atoms with Crippen molar-refractivity contribution in [2.24, 2.45) is 0 Å². The zero-order valence-electron chi connectivity index (χ0n) is 23.0. The lowest BCUT2D eigenvalue weighted by Crippen LogP contribution is -2.22. The molecule has 0 saturated heterocycles. The summed E-state index contributed by atoms with van der Waals surface area (Å²) in [6, 6.07) is 11.0. The lowest BCUT2D eigenvalue weighted by molar-refractivity contribution is 0.0721. The van der Waals surface area contributed by atoms with Crippen molar-refractivity contribution in [3.8, 4) is 22.8 Å². The average Bonchev–Trinajstić information content (AvgIpc) is 3.53. The first-order chi connectivity index (χ1) is 18.6. The van der Waals surface area contributed by atoms with Crippen molar-refractivity contribution >= 4 is 35.3 Å². The molecule has 2 aromatic heterocycles. The molecular weight excluding hydrogens is 535 g/mol. The molecule has 0 aliphatic carbocycles. The van der Waals surface area contributed by atoms with E-state index in [1.807, 2.05) is 17.6 Å². The van der Waals surface area contributed by atoms with Crippen LogP contribution in [0.5, 0.6) is 11.5 Å². The third-order valence-corrected chi connectivity index (χ3v) is 9.22. The number of carbonyl (C=O) groups excluding carboxylic acids is 1. The third-order valence-electron chi connectivity index (χ3n) is 6.51. The maximum atomic E-state index is 14.3. The number of Topliss-reactive ketones (excluding diaryl/α,β-unsaturated/α-hetero) is 1. The van der Waals surface area contributed by atoms with Gasteiger partial charge in [-0.3, -0.25) is 4.79 Å². The van der Waals surface area contributed by atoms with Crippen LogP contribution >= 0.6 is 11.3 Å². The van der Waals surface area contributed by atoms with E-state index < -0.39 is 14.2 Å². The van der Waals surface area contributed by atoms with E-state index in [1.54, 1.807) is 28.8 Å². The molecule has 39 heavy (non-hydrogen) atoms. The first-order valence-corrected chi connectivity index (χ1v) is 17.4. The molecule has 0 bridgehead atoms. The number of ketones is 1. The predicted octanol–water partition coefficient (Wildman–Crippen LogP) is 6.93. The second-order valence-corrected chi connectivity index (χ2v) is 17.1. The van der Waals surface area contributed by atoms with Crippen molar-refractivity contribution < 1.29 is 28.5 Å². The molecule has 208 valence electrons. The Bertz CT molecular complexity index is 1450. The summed E-state index contributed by atoms with van der Waals surface area (Å²) in [7, 11) is 1.79. The Morgan fingerprint density at radius 3 is 2.64 bits per heavy atom. The van der Waals surface area contributed by atoms with Crippen LogP contribution in [0.4, 0.5) is 4.39 Å². The standard InChI is InChI=1S/C29H35FN2O5SSi/c1-35-26-12-9-19(15-27(26)36-2)24(33)10-11-25(34)29-31-23(16-32(29)18-37-13-14-39(3,4)5)21-17-38-28-20(21)7-6-8-22(28)30/h6-9,12,15-17,25,34H,10-11,13-14,18H2,1-5H3. The molecule has 1 N–H and O–H groups in total. The number of nitrogens with zero attached hydrogens (tertiary/aromatic N) is 2. The molecule has 2 heterocycles. The highest BCUT2D eigenvalue weighted by molar-refractivity contribution is 7.17. The number of aromatic nitrogens is 2. The summed E-state index contributed by atoms with van der Waals surface area (Å²) in [5.41, 5.74) is 1.90. The lowest BCUT2D eigenvalue weighted by Gasteiger charge is -2.17. The number of fused-ring (bicyclic) bond motifs is 1. The highest BCUT2D eigenvalue weighted by Crippen LogP contribution is 2.36. The maximum Gasteiger partial charge on any atom is 0.163 e. The highest BCUT2D eigenvalue weighted by Gasteiger charge is 2.22. The van der Waals surface area contributed by atoms with E-state index in [4.69, 9.17) is 19.2 Å². The smallest absolute Gasteiger partial charge is 0.163 e. The van der Waals surface area contributed by atoms with Crippen LogP contribution in [0, 0.1) is 5.82 Å². The van der Waals surface area contributed by atoms with Crippen molar-refractivity contribution in [3.63, 3.8) is 0 Å². The fraction of sp³-hybridized carbons (Fsp3) is 0.379. The molecule has 1 unspecified atom stereocenters. The van der Waals surface area contributed by atoms with Gasteiger partial charge >= 0.3 is 0 Å². The van der Waals surface area contributed by atoms with Crippen LogP contribution in [0.15, 0.2) is 48.0 Å². The second kappa shape index (κ2) is 12.4. The Morgan fingerprint density at radius 1 is 1.15 bits per heavy atom. The summed E-state index contributed by atoms with van der Waals surface area (Å²) in [6.45, 7) is 7.71. The van der Waals surface area contributed by atoms with Gasteiger partial charge in [0.2, 0.25) is 0 Å². The summed E-state index contributed by atoms with van der Waals surface area (Å²) < 4.78 is 33.2. The number of benzene rings is 2. The molecule has 0 fully saturated rings. The van der Waals surface area contributed by atoms with Gasteiger partial charge in [0, 0.05) is 49.2 Å². The largest absolute Gasteiger partial charge is 0.493 e.